The lowest BCUT2D eigenvalue weighted by molar-refractivity contribution is -0.119. The number of aromatic nitrogens is 2. The van der Waals surface area contributed by atoms with Gasteiger partial charge in [-0.1, -0.05) is 0 Å². The van der Waals surface area contributed by atoms with Gasteiger partial charge in [-0.05, 0) is 17.7 Å². The predicted octanol–water partition coefficient (Wildman–Crippen LogP) is 1.13. The number of hydrogen-bond acceptors (Lipinski definition) is 5. The monoisotopic (exact) mass is 328 g/mol. The maximum Gasteiger partial charge on any atom is 0.229 e. The predicted molar refractivity (Wildman–Crippen MR) is 88.4 cm³/mol. The minimum atomic E-state index is -0.123. The zero-order valence-electron chi connectivity index (χ0n) is 13.5. The van der Waals surface area contributed by atoms with Gasteiger partial charge in [0.2, 0.25) is 5.91 Å². The highest BCUT2D eigenvalue weighted by Gasteiger charge is 2.34. The van der Waals surface area contributed by atoms with E-state index in [9.17, 15) is 4.79 Å². The fraction of sp³-hybridized carbons (Fsp3) is 0.412. The second kappa shape index (κ2) is 6.16. The van der Waals surface area contributed by atoms with E-state index in [4.69, 9.17) is 9.47 Å². The van der Waals surface area contributed by atoms with Crippen molar-refractivity contribution in [1.29, 1.82) is 0 Å². The van der Waals surface area contributed by atoms with Crippen molar-refractivity contribution in [3.63, 3.8) is 0 Å². The van der Waals surface area contributed by atoms with E-state index in [2.05, 4.69) is 15.7 Å². The Balaban J connectivity index is 1.49. The standard InChI is InChI=1S/C17H20N4O3/c1-21-10-11(7-19-21)13-8-18-9-14(13)17(22)20-12-2-3-15-16(6-12)24-5-4-23-15/h2-3,6-7,10,13-14,18H,4-5,8-9H2,1H3,(H,20,22)/t13-,14+/m1/s1. The molecule has 2 atom stereocenters. The Morgan fingerprint density at radius 2 is 2.12 bits per heavy atom. The largest absolute Gasteiger partial charge is 0.486 e. The summed E-state index contributed by atoms with van der Waals surface area (Å²) in [5.74, 6) is 1.41. The van der Waals surface area contributed by atoms with Gasteiger partial charge >= 0.3 is 0 Å². The second-order valence-electron chi connectivity index (χ2n) is 6.17. The van der Waals surface area contributed by atoms with E-state index in [1.54, 1.807) is 4.68 Å². The first-order valence-corrected chi connectivity index (χ1v) is 8.10. The number of nitrogens with one attached hydrogen (secondary N) is 2. The Labute approximate surface area is 139 Å². The molecule has 0 radical (unpaired) electrons. The SMILES string of the molecule is Cn1cc([C@H]2CNC[C@@H]2C(=O)Nc2ccc3c(c2)OCCO3)cn1. The quantitative estimate of drug-likeness (QED) is 0.883. The molecule has 3 heterocycles. The second-order valence-corrected chi connectivity index (χ2v) is 6.17. The van der Waals surface area contributed by atoms with Crippen molar-refractivity contribution in [2.24, 2.45) is 13.0 Å². The molecule has 7 nitrogen and oxygen atoms in total. The van der Waals surface area contributed by atoms with Crippen LogP contribution in [-0.2, 0) is 11.8 Å². The van der Waals surface area contributed by atoms with Crippen LogP contribution in [0.25, 0.3) is 0 Å². The van der Waals surface area contributed by atoms with Crippen LogP contribution in [-0.4, -0.2) is 42.0 Å². The zero-order valence-corrected chi connectivity index (χ0v) is 13.5. The Kier molecular flexibility index (Phi) is 3.86. The van der Waals surface area contributed by atoms with Gasteiger partial charge in [0.15, 0.2) is 11.5 Å². The number of hydrogen-bond donors (Lipinski definition) is 2. The first kappa shape index (κ1) is 15.0. The molecule has 0 spiro atoms. The molecule has 4 rings (SSSR count). The molecule has 0 unspecified atom stereocenters. The van der Waals surface area contributed by atoms with Crippen LogP contribution in [0.4, 0.5) is 5.69 Å². The molecule has 1 amide bonds. The minimum absolute atomic E-state index is 0.00512. The summed E-state index contributed by atoms with van der Waals surface area (Å²) in [6.07, 6.45) is 3.81. The minimum Gasteiger partial charge on any atom is -0.486 e. The molecule has 1 fully saturated rings. The highest BCUT2D eigenvalue weighted by molar-refractivity contribution is 5.94. The summed E-state index contributed by atoms with van der Waals surface area (Å²) in [6.45, 7) is 2.53. The number of rotatable bonds is 3. The van der Waals surface area contributed by atoms with Gasteiger partial charge < -0.3 is 20.1 Å². The van der Waals surface area contributed by atoms with E-state index in [1.807, 2.05) is 37.6 Å². The summed E-state index contributed by atoms with van der Waals surface area (Å²) in [5, 5.41) is 10.5. The Hall–Kier alpha value is -2.54. The smallest absolute Gasteiger partial charge is 0.229 e. The molecule has 1 aromatic heterocycles. The third kappa shape index (κ3) is 2.82. The fourth-order valence-corrected chi connectivity index (χ4v) is 3.29. The average molecular weight is 328 g/mol. The summed E-state index contributed by atoms with van der Waals surface area (Å²) < 4.78 is 12.8. The number of fused-ring (bicyclic) bond motifs is 1. The molecule has 0 saturated carbocycles. The van der Waals surface area contributed by atoms with Crippen LogP contribution in [0.3, 0.4) is 0 Å². The molecule has 1 saturated heterocycles. The molecule has 0 aliphatic carbocycles. The molecule has 126 valence electrons. The van der Waals surface area contributed by atoms with Crippen LogP contribution < -0.4 is 20.1 Å². The van der Waals surface area contributed by atoms with Crippen molar-refractivity contribution in [3.8, 4) is 11.5 Å². The lowest BCUT2D eigenvalue weighted by Crippen LogP contribution is -2.28. The number of benzene rings is 1. The topological polar surface area (TPSA) is 77.4 Å². The van der Waals surface area contributed by atoms with E-state index >= 15 is 0 Å². The number of amides is 1. The molecule has 2 aliphatic heterocycles. The van der Waals surface area contributed by atoms with E-state index in [0.717, 1.165) is 23.5 Å². The van der Waals surface area contributed by atoms with Crippen molar-refractivity contribution in [1.82, 2.24) is 15.1 Å². The molecule has 2 aromatic rings. The Bertz CT molecular complexity index is 758. The van der Waals surface area contributed by atoms with Crippen molar-refractivity contribution in [3.05, 3.63) is 36.2 Å². The lowest BCUT2D eigenvalue weighted by Gasteiger charge is -2.20. The first-order chi connectivity index (χ1) is 11.7. The van der Waals surface area contributed by atoms with Gasteiger partial charge in [0.05, 0.1) is 12.1 Å². The van der Waals surface area contributed by atoms with E-state index < -0.39 is 0 Å². The average Bonchev–Trinajstić information content (AvgIpc) is 3.23. The summed E-state index contributed by atoms with van der Waals surface area (Å²) >= 11 is 0. The van der Waals surface area contributed by atoms with Gasteiger partial charge in [0, 0.05) is 44.0 Å². The summed E-state index contributed by atoms with van der Waals surface area (Å²) in [7, 11) is 1.89. The molecule has 2 aliphatic rings. The lowest BCUT2D eigenvalue weighted by atomic mass is 9.90. The summed E-state index contributed by atoms with van der Waals surface area (Å²) in [4.78, 5) is 12.7. The van der Waals surface area contributed by atoms with Crippen molar-refractivity contribution < 1.29 is 14.3 Å². The molecular formula is C17H20N4O3. The van der Waals surface area contributed by atoms with Crippen LogP contribution >= 0.6 is 0 Å². The van der Waals surface area contributed by atoms with Crippen LogP contribution in [0, 0.1) is 5.92 Å². The zero-order chi connectivity index (χ0) is 16.5. The van der Waals surface area contributed by atoms with Gasteiger partial charge in [-0.3, -0.25) is 9.48 Å². The fourth-order valence-electron chi connectivity index (χ4n) is 3.29. The molecule has 2 N–H and O–H groups in total. The Morgan fingerprint density at radius 1 is 1.29 bits per heavy atom. The highest BCUT2D eigenvalue weighted by atomic mass is 16.6. The molecular weight excluding hydrogens is 308 g/mol. The molecule has 24 heavy (non-hydrogen) atoms. The van der Waals surface area contributed by atoms with Crippen molar-refractivity contribution in [2.75, 3.05) is 31.6 Å². The maximum absolute atomic E-state index is 12.7. The van der Waals surface area contributed by atoms with Gasteiger partial charge in [-0.25, -0.2) is 0 Å². The molecule has 1 aromatic carbocycles. The van der Waals surface area contributed by atoms with E-state index in [1.165, 1.54) is 0 Å². The normalized spacial score (nSPS) is 22.4. The third-order valence-electron chi connectivity index (χ3n) is 4.51. The van der Waals surface area contributed by atoms with Gasteiger partial charge in [-0.15, -0.1) is 0 Å². The first-order valence-electron chi connectivity index (χ1n) is 8.10. The van der Waals surface area contributed by atoms with Gasteiger partial charge in [0.1, 0.15) is 13.2 Å². The van der Waals surface area contributed by atoms with Crippen LogP contribution in [0.15, 0.2) is 30.6 Å². The highest BCUT2D eigenvalue weighted by Crippen LogP contribution is 2.34. The van der Waals surface area contributed by atoms with Crippen LogP contribution in [0.2, 0.25) is 0 Å². The van der Waals surface area contributed by atoms with Gasteiger partial charge in [-0.2, -0.15) is 5.10 Å². The van der Waals surface area contributed by atoms with E-state index in [0.29, 0.717) is 25.5 Å². The number of aryl methyl sites for hydroxylation is 1. The summed E-state index contributed by atoms with van der Waals surface area (Å²) in [5.41, 5.74) is 1.81. The Morgan fingerprint density at radius 3 is 2.92 bits per heavy atom. The number of nitrogens with zero attached hydrogens (tertiary/aromatic N) is 2. The van der Waals surface area contributed by atoms with E-state index in [-0.39, 0.29) is 17.7 Å². The van der Waals surface area contributed by atoms with Gasteiger partial charge in [0.25, 0.3) is 0 Å². The summed E-state index contributed by atoms with van der Waals surface area (Å²) in [6, 6.07) is 5.48. The van der Waals surface area contributed by atoms with Crippen molar-refractivity contribution in [2.45, 2.75) is 5.92 Å². The number of anilines is 1. The molecule has 7 heteroatoms. The number of ether oxygens (including phenoxy) is 2. The number of carbonyl (C=O) groups excluding carboxylic acids is 1. The van der Waals surface area contributed by atoms with Crippen LogP contribution in [0.5, 0.6) is 11.5 Å². The maximum atomic E-state index is 12.7. The number of carbonyl (C=O) groups is 1. The van der Waals surface area contributed by atoms with Crippen LogP contribution in [0.1, 0.15) is 11.5 Å². The van der Waals surface area contributed by atoms with Crippen molar-refractivity contribution >= 4 is 11.6 Å². The molecule has 0 bridgehead atoms. The third-order valence-corrected chi connectivity index (χ3v) is 4.51.